The molecular weight excluding hydrogens is 180 g/mol. The maximum absolute atomic E-state index is 5.69. The van der Waals surface area contributed by atoms with Crippen LogP contribution in [-0.2, 0) is 4.74 Å². The Morgan fingerprint density at radius 2 is 2.00 bits per heavy atom. The molecule has 0 aromatic carbocycles. The molecule has 78 valence electrons. The van der Waals surface area contributed by atoms with Crippen molar-refractivity contribution in [1.82, 2.24) is 0 Å². The van der Waals surface area contributed by atoms with Crippen molar-refractivity contribution < 1.29 is 4.74 Å². The van der Waals surface area contributed by atoms with Crippen LogP contribution in [0.3, 0.4) is 0 Å². The molecule has 13 heavy (non-hydrogen) atoms. The first-order chi connectivity index (χ1) is 6.04. The molecule has 1 aliphatic rings. The zero-order valence-electron chi connectivity index (χ0n) is 9.05. The van der Waals surface area contributed by atoms with Crippen LogP contribution < -0.4 is 0 Å². The van der Waals surface area contributed by atoms with Crippen LogP contribution in [-0.4, -0.2) is 19.0 Å². The van der Waals surface area contributed by atoms with E-state index in [4.69, 9.17) is 4.74 Å². The van der Waals surface area contributed by atoms with E-state index in [1.807, 2.05) is 0 Å². The molecule has 0 bridgehead atoms. The molecule has 0 aromatic rings. The van der Waals surface area contributed by atoms with Gasteiger partial charge in [0.15, 0.2) is 0 Å². The molecule has 1 fully saturated rings. The van der Waals surface area contributed by atoms with E-state index < -0.39 is 0 Å². The summed E-state index contributed by atoms with van der Waals surface area (Å²) < 4.78 is 5.69. The number of rotatable bonds is 5. The van der Waals surface area contributed by atoms with Gasteiger partial charge in [-0.15, -0.1) is 0 Å². The standard InChI is InChI=1S/C11H22OS/c1-11(2,3)10(8-13)7-12-6-9-4-5-9/h9-10,13H,4-8H2,1-3H3. The third-order valence-corrected chi connectivity index (χ3v) is 3.26. The van der Waals surface area contributed by atoms with Gasteiger partial charge in [0.1, 0.15) is 0 Å². The zero-order chi connectivity index (χ0) is 9.90. The maximum Gasteiger partial charge on any atom is 0.0507 e. The summed E-state index contributed by atoms with van der Waals surface area (Å²) in [4.78, 5) is 0. The average molecular weight is 202 g/mol. The number of hydrogen-bond donors (Lipinski definition) is 1. The molecule has 1 rings (SSSR count). The summed E-state index contributed by atoms with van der Waals surface area (Å²) >= 11 is 4.37. The second-order valence-corrected chi connectivity index (χ2v) is 5.59. The highest BCUT2D eigenvalue weighted by atomic mass is 32.1. The van der Waals surface area contributed by atoms with Gasteiger partial charge < -0.3 is 4.74 Å². The number of ether oxygens (including phenoxy) is 1. The summed E-state index contributed by atoms with van der Waals surface area (Å²) in [7, 11) is 0. The van der Waals surface area contributed by atoms with Crippen molar-refractivity contribution in [1.29, 1.82) is 0 Å². The molecular formula is C11H22OS. The Hall–Kier alpha value is 0.310. The van der Waals surface area contributed by atoms with Crippen LogP contribution >= 0.6 is 12.6 Å². The fraction of sp³-hybridized carbons (Fsp3) is 1.00. The summed E-state index contributed by atoms with van der Waals surface area (Å²) in [5, 5.41) is 0. The van der Waals surface area contributed by atoms with Gasteiger partial charge in [0.2, 0.25) is 0 Å². The zero-order valence-corrected chi connectivity index (χ0v) is 9.94. The Labute approximate surface area is 87.7 Å². The lowest BCUT2D eigenvalue weighted by atomic mass is 9.82. The number of hydrogen-bond acceptors (Lipinski definition) is 2. The van der Waals surface area contributed by atoms with Crippen LogP contribution in [0.15, 0.2) is 0 Å². The van der Waals surface area contributed by atoms with Gasteiger partial charge in [-0.3, -0.25) is 0 Å². The molecule has 1 nitrogen and oxygen atoms in total. The summed E-state index contributed by atoms with van der Waals surface area (Å²) in [5.41, 5.74) is 0.325. The predicted octanol–water partition coefficient (Wildman–Crippen LogP) is 3.01. The van der Waals surface area contributed by atoms with Gasteiger partial charge in [0, 0.05) is 6.61 Å². The Morgan fingerprint density at radius 1 is 1.38 bits per heavy atom. The van der Waals surface area contributed by atoms with Crippen molar-refractivity contribution in [3.8, 4) is 0 Å². The number of thiol groups is 1. The molecule has 0 saturated heterocycles. The molecule has 0 aliphatic heterocycles. The second-order valence-electron chi connectivity index (χ2n) is 5.23. The van der Waals surface area contributed by atoms with E-state index >= 15 is 0 Å². The van der Waals surface area contributed by atoms with Gasteiger partial charge in [0.25, 0.3) is 0 Å². The lowest BCUT2D eigenvalue weighted by Gasteiger charge is -2.29. The lowest BCUT2D eigenvalue weighted by molar-refractivity contribution is 0.0602. The minimum atomic E-state index is 0.325. The van der Waals surface area contributed by atoms with Crippen LogP contribution in [0.5, 0.6) is 0 Å². The SMILES string of the molecule is CC(C)(C)C(CS)COCC1CC1. The van der Waals surface area contributed by atoms with Gasteiger partial charge in [-0.05, 0) is 35.8 Å². The smallest absolute Gasteiger partial charge is 0.0507 e. The van der Waals surface area contributed by atoms with E-state index in [1.54, 1.807) is 0 Å². The van der Waals surface area contributed by atoms with Crippen LogP contribution in [0.2, 0.25) is 0 Å². The largest absolute Gasteiger partial charge is 0.381 e. The van der Waals surface area contributed by atoms with Crippen LogP contribution in [0, 0.1) is 17.3 Å². The third kappa shape index (κ3) is 4.37. The summed E-state index contributed by atoms with van der Waals surface area (Å²) in [6.45, 7) is 8.63. The van der Waals surface area contributed by atoms with Gasteiger partial charge in [-0.25, -0.2) is 0 Å². The van der Waals surface area contributed by atoms with Crippen LogP contribution in [0.1, 0.15) is 33.6 Å². The molecule has 0 radical (unpaired) electrons. The first-order valence-corrected chi connectivity index (χ1v) is 5.86. The quantitative estimate of drug-likeness (QED) is 0.674. The Morgan fingerprint density at radius 3 is 2.38 bits per heavy atom. The molecule has 0 heterocycles. The van der Waals surface area contributed by atoms with Gasteiger partial charge in [-0.1, -0.05) is 20.8 Å². The highest BCUT2D eigenvalue weighted by molar-refractivity contribution is 7.80. The predicted molar refractivity (Wildman–Crippen MR) is 60.3 cm³/mol. The summed E-state index contributed by atoms with van der Waals surface area (Å²) in [5.74, 6) is 2.38. The summed E-state index contributed by atoms with van der Waals surface area (Å²) in [6.07, 6.45) is 2.75. The van der Waals surface area contributed by atoms with Gasteiger partial charge in [0.05, 0.1) is 6.61 Å². The molecule has 1 saturated carbocycles. The Bertz CT molecular complexity index is 147. The highest BCUT2D eigenvalue weighted by Gasteiger charge is 2.25. The topological polar surface area (TPSA) is 9.23 Å². The van der Waals surface area contributed by atoms with Crippen LogP contribution in [0.25, 0.3) is 0 Å². The highest BCUT2D eigenvalue weighted by Crippen LogP contribution is 2.31. The Balaban J connectivity index is 2.14. The summed E-state index contributed by atoms with van der Waals surface area (Å²) in [6, 6.07) is 0. The molecule has 0 aromatic heterocycles. The fourth-order valence-corrected chi connectivity index (χ4v) is 1.89. The average Bonchev–Trinajstić information content (AvgIpc) is 2.78. The van der Waals surface area contributed by atoms with Crippen molar-refractivity contribution in [2.24, 2.45) is 17.3 Å². The molecule has 1 aliphatic carbocycles. The molecule has 1 unspecified atom stereocenters. The first-order valence-electron chi connectivity index (χ1n) is 5.22. The van der Waals surface area contributed by atoms with E-state index in [0.29, 0.717) is 11.3 Å². The van der Waals surface area contributed by atoms with Gasteiger partial charge in [-0.2, -0.15) is 12.6 Å². The maximum atomic E-state index is 5.69. The minimum Gasteiger partial charge on any atom is -0.381 e. The first kappa shape index (κ1) is 11.4. The third-order valence-electron chi connectivity index (χ3n) is 2.81. The Kier molecular flexibility index (Phi) is 4.11. The van der Waals surface area contributed by atoms with Gasteiger partial charge >= 0.3 is 0 Å². The minimum absolute atomic E-state index is 0.325. The fourth-order valence-electron chi connectivity index (χ4n) is 1.24. The molecule has 0 spiro atoms. The monoisotopic (exact) mass is 202 g/mol. The molecule has 0 N–H and O–H groups in total. The van der Waals surface area contributed by atoms with E-state index in [2.05, 4.69) is 33.4 Å². The van der Waals surface area contributed by atoms with Crippen molar-refractivity contribution in [3.63, 3.8) is 0 Å². The molecule has 2 heteroatoms. The van der Waals surface area contributed by atoms with E-state index in [-0.39, 0.29) is 0 Å². The normalized spacial score (nSPS) is 20.3. The van der Waals surface area contributed by atoms with E-state index in [0.717, 1.165) is 24.9 Å². The second kappa shape index (κ2) is 4.70. The van der Waals surface area contributed by atoms with Crippen molar-refractivity contribution in [2.75, 3.05) is 19.0 Å². The van der Waals surface area contributed by atoms with Crippen LogP contribution in [0.4, 0.5) is 0 Å². The van der Waals surface area contributed by atoms with Crippen molar-refractivity contribution in [2.45, 2.75) is 33.6 Å². The van der Waals surface area contributed by atoms with E-state index in [9.17, 15) is 0 Å². The molecule has 0 amide bonds. The molecule has 1 atom stereocenters. The lowest BCUT2D eigenvalue weighted by Crippen LogP contribution is -2.27. The van der Waals surface area contributed by atoms with Crippen molar-refractivity contribution >= 4 is 12.6 Å². The van der Waals surface area contributed by atoms with Crippen molar-refractivity contribution in [3.05, 3.63) is 0 Å². The van der Waals surface area contributed by atoms with E-state index in [1.165, 1.54) is 12.8 Å².